The first kappa shape index (κ1) is 15.4. The highest BCUT2D eigenvalue weighted by Crippen LogP contribution is 2.41. The van der Waals surface area contributed by atoms with Gasteiger partial charge in [-0.25, -0.2) is 4.98 Å². The number of nitrogens with one attached hydrogen (secondary N) is 1. The molecule has 0 unspecified atom stereocenters. The number of hydrogen-bond acceptors (Lipinski definition) is 4. The van der Waals surface area contributed by atoms with E-state index in [0.717, 1.165) is 28.6 Å². The highest BCUT2D eigenvalue weighted by Gasteiger charge is 2.26. The molecule has 124 valence electrons. The predicted molar refractivity (Wildman–Crippen MR) is 95.6 cm³/mol. The topological polar surface area (TPSA) is 55.1 Å². The number of nitrogens with zero attached hydrogens (tertiary/aromatic N) is 1. The van der Waals surface area contributed by atoms with Gasteiger partial charge in [-0.05, 0) is 43.9 Å². The molecule has 0 radical (unpaired) electrons. The summed E-state index contributed by atoms with van der Waals surface area (Å²) in [5.74, 6) is 0.878. The van der Waals surface area contributed by atoms with Crippen LogP contribution < -0.4 is 5.32 Å². The Morgan fingerprint density at radius 2 is 2.25 bits per heavy atom. The van der Waals surface area contributed by atoms with Gasteiger partial charge in [0.15, 0.2) is 5.76 Å². The third-order valence-corrected chi connectivity index (χ3v) is 5.60. The van der Waals surface area contributed by atoms with Crippen molar-refractivity contribution in [1.29, 1.82) is 0 Å². The molecule has 2 aromatic heterocycles. The molecule has 1 aliphatic rings. The fraction of sp³-hybridized carbons (Fsp3) is 0.368. The molecule has 3 aromatic rings. The number of thiazole rings is 1. The largest absolute Gasteiger partial charge is 0.451 e. The van der Waals surface area contributed by atoms with Gasteiger partial charge in [-0.15, -0.1) is 11.3 Å². The Morgan fingerprint density at radius 3 is 3.00 bits per heavy atom. The number of rotatable bonds is 5. The van der Waals surface area contributed by atoms with Crippen LogP contribution in [0.1, 0.15) is 58.1 Å². The van der Waals surface area contributed by atoms with E-state index >= 15 is 0 Å². The molecule has 1 aromatic carbocycles. The number of furan rings is 1. The second-order valence-corrected chi connectivity index (χ2v) is 7.26. The van der Waals surface area contributed by atoms with Crippen LogP contribution in [0, 0.1) is 6.92 Å². The van der Waals surface area contributed by atoms with Crippen LogP contribution >= 0.6 is 11.3 Å². The monoisotopic (exact) mass is 340 g/mol. The number of fused-ring (bicyclic) bond motifs is 1. The van der Waals surface area contributed by atoms with Gasteiger partial charge >= 0.3 is 0 Å². The molecule has 24 heavy (non-hydrogen) atoms. The molecule has 0 bridgehead atoms. The Kier molecular flexibility index (Phi) is 3.88. The van der Waals surface area contributed by atoms with Crippen LogP contribution in [0.5, 0.6) is 0 Å². The summed E-state index contributed by atoms with van der Waals surface area (Å²) in [4.78, 5) is 17.1. The Bertz CT molecular complexity index is 905. The van der Waals surface area contributed by atoms with E-state index in [4.69, 9.17) is 4.42 Å². The minimum Gasteiger partial charge on any atom is -0.451 e. The molecule has 1 N–H and O–H groups in total. The molecule has 5 heteroatoms. The maximum absolute atomic E-state index is 12.5. The summed E-state index contributed by atoms with van der Waals surface area (Å²) in [6.07, 6.45) is 3.46. The number of amides is 1. The lowest BCUT2D eigenvalue weighted by Crippen LogP contribution is -2.23. The van der Waals surface area contributed by atoms with E-state index in [2.05, 4.69) is 23.3 Å². The third kappa shape index (κ3) is 2.84. The van der Waals surface area contributed by atoms with Crippen LogP contribution in [-0.2, 0) is 13.0 Å². The summed E-state index contributed by atoms with van der Waals surface area (Å²) in [6.45, 7) is 4.50. The van der Waals surface area contributed by atoms with Crippen LogP contribution in [0.15, 0.2) is 28.0 Å². The normalized spacial score (nSPS) is 14.2. The zero-order valence-electron chi connectivity index (χ0n) is 13.9. The first-order chi connectivity index (χ1) is 11.7. The molecule has 1 amide bonds. The average Bonchev–Trinajstić information content (AvgIpc) is 3.26. The second-order valence-electron chi connectivity index (χ2n) is 6.37. The molecule has 2 heterocycles. The number of aromatic nitrogens is 1. The van der Waals surface area contributed by atoms with Crippen molar-refractivity contribution in [2.24, 2.45) is 0 Å². The molecule has 0 aliphatic heterocycles. The van der Waals surface area contributed by atoms with Crippen molar-refractivity contribution in [2.45, 2.75) is 45.6 Å². The lowest BCUT2D eigenvalue weighted by molar-refractivity contribution is 0.0924. The van der Waals surface area contributed by atoms with E-state index in [9.17, 15) is 4.79 Å². The molecule has 1 saturated carbocycles. The van der Waals surface area contributed by atoms with E-state index in [1.165, 1.54) is 23.4 Å². The van der Waals surface area contributed by atoms with Crippen molar-refractivity contribution in [2.75, 3.05) is 0 Å². The zero-order chi connectivity index (χ0) is 16.7. The summed E-state index contributed by atoms with van der Waals surface area (Å²) >= 11 is 1.69. The van der Waals surface area contributed by atoms with Gasteiger partial charge in [-0.3, -0.25) is 4.79 Å². The van der Waals surface area contributed by atoms with Crippen LogP contribution in [0.25, 0.3) is 11.0 Å². The Balaban J connectivity index is 1.50. The van der Waals surface area contributed by atoms with Crippen molar-refractivity contribution in [3.8, 4) is 0 Å². The summed E-state index contributed by atoms with van der Waals surface area (Å²) in [6, 6.07) is 6.09. The minimum absolute atomic E-state index is 0.178. The Hall–Kier alpha value is -2.14. The summed E-state index contributed by atoms with van der Waals surface area (Å²) in [5, 5.41) is 7.18. The SMILES string of the molecule is CCc1ccc2oc(C(=O)NCc3csc(C4CC4)n3)c(C)c2c1. The van der Waals surface area contributed by atoms with E-state index in [0.29, 0.717) is 18.2 Å². The quantitative estimate of drug-likeness (QED) is 0.740. The molecule has 4 nitrogen and oxygen atoms in total. The van der Waals surface area contributed by atoms with Crippen LogP contribution in [0.3, 0.4) is 0 Å². The predicted octanol–water partition coefficient (Wildman–Crippen LogP) is 4.57. The second kappa shape index (κ2) is 6.06. The molecule has 0 saturated heterocycles. The summed E-state index contributed by atoms with van der Waals surface area (Å²) < 4.78 is 5.77. The molecular formula is C19H20N2O2S. The van der Waals surface area contributed by atoms with Gasteiger partial charge in [0.25, 0.3) is 5.91 Å². The van der Waals surface area contributed by atoms with E-state index < -0.39 is 0 Å². The Morgan fingerprint density at radius 1 is 1.42 bits per heavy atom. The first-order valence-electron chi connectivity index (χ1n) is 8.40. The molecule has 0 atom stereocenters. The van der Waals surface area contributed by atoms with Gasteiger partial charge in [0, 0.05) is 22.2 Å². The van der Waals surface area contributed by atoms with Crippen molar-refractivity contribution in [1.82, 2.24) is 10.3 Å². The Labute approximate surface area is 144 Å². The van der Waals surface area contributed by atoms with Crippen LogP contribution in [-0.4, -0.2) is 10.9 Å². The maximum atomic E-state index is 12.5. The van der Waals surface area contributed by atoms with Gasteiger partial charge in [0.05, 0.1) is 17.2 Å². The molecule has 0 spiro atoms. The van der Waals surface area contributed by atoms with Gasteiger partial charge in [0.2, 0.25) is 0 Å². The van der Waals surface area contributed by atoms with Crippen molar-refractivity contribution >= 4 is 28.2 Å². The number of carbonyl (C=O) groups is 1. The number of carbonyl (C=O) groups excluding carboxylic acids is 1. The van der Waals surface area contributed by atoms with Gasteiger partial charge in [0.1, 0.15) is 5.58 Å². The number of benzene rings is 1. The van der Waals surface area contributed by atoms with Gasteiger partial charge < -0.3 is 9.73 Å². The van der Waals surface area contributed by atoms with Crippen molar-refractivity contribution < 1.29 is 9.21 Å². The van der Waals surface area contributed by atoms with E-state index in [1.54, 1.807) is 11.3 Å². The van der Waals surface area contributed by atoms with E-state index in [1.807, 2.05) is 24.4 Å². The summed E-state index contributed by atoms with van der Waals surface area (Å²) in [7, 11) is 0. The molecular weight excluding hydrogens is 320 g/mol. The minimum atomic E-state index is -0.178. The van der Waals surface area contributed by atoms with Gasteiger partial charge in [-0.2, -0.15) is 0 Å². The fourth-order valence-electron chi connectivity index (χ4n) is 2.88. The highest BCUT2D eigenvalue weighted by molar-refractivity contribution is 7.09. The lowest BCUT2D eigenvalue weighted by Gasteiger charge is -2.01. The fourth-order valence-corrected chi connectivity index (χ4v) is 3.87. The number of aryl methyl sites for hydroxylation is 2. The van der Waals surface area contributed by atoms with Crippen molar-refractivity contribution in [3.63, 3.8) is 0 Å². The summed E-state index contributed by atoms with van der Waals surface area (Å²) in [5.41, 5.74) is 3.83. The molecule has 4 rings (SSSR count). The zero-order valence-corrected chi connectivity index (χ0v) is 14.7. The van der Waals surface area contributed by atoms with Gasteiger partial charge in [-0.1, -0.05) is 13.0 Å². The molecule has 1 fully saturated rings. The number of hydrogen-bond donors (Lipinski definition) is 1. The molecule has 1 aliphatic carbocycles. The average molecular weight is 340 g/mol. The lowest BCUT2D eigenvalue weighted by atomic mass is 10.1. The van der Waals surface area contributed by atoms with Crippen LogP contribution in [0.4, 0.5) is 0 Å². The smallest absolute Gasteiger partial charge is 0.287 e. The maximum Gasteiger partial charge on any atom is 0.287 e. The first-order valence-corrected chi connectivity index (χ1v) is 9.28. The highest BCUT2D eigenvalue weighted by atomic mass is 32.1. The van der Waals surface area contributed by atoms with Crippen molar-refractivity contribution in [3.05, 3.63) is 51.2 Å². The van der Waals surface area contributed by atoms with Crippen LogP contribution in [0.2, 0.25) is 0 Å². The van der Waals surface area contributed by atoms with E-state index in [-0.39, 0.29) is 5.91 Å². The standard InChI is InChI=1S/C19H20N2O2S/c1-3-12-4-7-16-15(8-12)11(2)17(23-16)18(22)20-9-14-10-24-19(21-14)13-5-6-13/h4,7-8,10,13H,3,5-6,9H2,1-2H3,(H,20,22). The third-order valence-electron chi connectivity index (χ3n) is 4.54.